The fraction of sp³-hybridized carbons (Fsp3) is 0.571. The zero-order valence-corrected chi connectivity index (χ0v) is 11.4. The summed E-state index contributed by atoms with van der Waals surface area (Å²) in [6.07, 6.45) is 3.38. The molecule has 1 atom stereocenters. The fourth-order valence-corrected chi connectivity index (χ4v) is 2.57. The van der Waals surface area contributed by atoms with Gasteiger partial charge in [0.1, 0.15) is 5.69 Å². The van der Waals surface area contributed by atoms with Crippen LogP contribution in [0.5, 0.6) is 0 Å². The number of carbonyl (C=O) groups is 2. The van der Waals surface area contributed by atoms with Crippen LogP contribution in [0.2, 0.25) is 0 Å². The fourth-order valence-electron chi connectivity index (χ4n) is 2.57. The first-order chi connectivity index (χ1) is 9.02. The number of hydrogen-bond donors (Lipinski definition) is 1. The van der Waals surface area contributed by atoms with Crippen molar-refractivity contribution in [3.8, 4) is 0 Å². The van der Waals surface area contributed by atoms with Gasteiger partial charge >= 0.3 is 0 Å². The lowest BCUT2D eigenvalue weighted by Gasteiger charge is -2.16. The van der Waals surface area contributed by atoms with Crippen LogP contribution in [-0.4, -0.2) is 46.0 Å². The van der Waals surface area contributed by atoms with Gasteiger partial charge in [0, 0.05) is 38.5 Å². The largest absolute Gasteiger partial charge is 0.396 e. The molecule has 104 valence electrons. The maximum atomic E-state index is 12.4. The van der Waals surface area contributed by atoms with Crippen molar-refractivity contribution in [1.29, 1.82) is 0 Å². The summed E-state index contributed by atoms with van der Waals surface area (Å²) in [6, 6.07) is 1.66. The van der Waals surface area contributed by atoms with Gasteiger partial charge in [0.15, 0.2) is 5.78 Å². The number of aliphatic hydroxyl groups excluding tert-OH is 1. The number of amides is 1. The second kappa shape index (κ2) is 5.57. The molecule has 2 heterocycles. The van der Waals surface area contributed by atoms with Gasteiger partial charge in [-0.25, -0.2) is 0 Å². The Bertz CT molecular complexity index is 493. The van der Waals surface area contributed by atoms with Crippen molar-refractivity contribution in [3.63, 3.8) is 0 Å². The van der Waals surface area contributed by atoms with Gasteiger partial charge in [-0.15, -0.1) is 0 Å². The number of Topliss-reactive ketones (excluding diaryl/α,β-unsaturated/α-hetero) is 1. The number of aryl methyl sites for hydroxylation is 1. The molecule has 1 aromatic heterocycles. The molecule has 0 aromatic carbocycles. The lowest BCUT2D eigenvalue weighted by atomic mass is 10.1. The molecule has 0 aliphatic carbocycles. The lowest BCUT2D eigenvalue weighted by Crippen LogP contribution is -2.30. The Hall–Kier alpha value is -1.62. The predicted octanol–water partition coefficient (Wildman–Crippen LogP) is 1.07. The highest BCUT2D eigenvalue weighted by molar-refractivity contribution is 5.99. The molecular weight excluding hydrogens is 244 g/mol. The summed E-state index contributed by atoms with van der Waals surface area (Å²) in [5, 5.41) is 8.93. The molecule has 1 unspecified atom stereocenters. The molecule has 2 rings (SSSR count). The molecular formula is C14H20N2O3. The van der Waals surface area contributed by atoms with Crippen molar-refractivity contribution in [1.82, 2.24) is 9.47 Å². The number of aromatic nitrogens is 1. The summed E-state index contributed by atoms with van der Waals surface area (Å²) in [6.45, 7) is 3.09. The van der Waals surface area contributed by atoms with Crippen molar-refractivity contribution < 1.29 is 14.7 Å². The Morgan fingerprint density at radius 3 is 2.79 bits per heavy atom. The molecule has 0 saturated carbocycles. The Balaban J connectivity index is 2.10. The second-order valence-corrected chi connectivity index (χ2v) is 5.20. The van der Waals surface area contributed by atoms with E-state index in [2.05, 4.69) is 0 Å². The molecule has 0 radical (unpaired) electrons. The van der Waals surface area contributed by atoms with Crippen molar-refractivity contribution in [3.05, 3.63) is 23.5 Å². The van der Waals surface area contributed by atoms with Crippen LogP contribution >= 0.6 is 0 Å². The number of rotatable bonds is 4. The summed E-state index contributed by atoms with van der Waals surface area (Å²) < 4.78 is 1.71. The summed E-state index contributed by atoms with van der Waals surface area (Å²) in [5.74, 6) is 0.325. The van der Waals surface area contributed by atoms with E-state index in [1.807, 2.05) is 0 Å². The summed E-state index contributed by atoms with van der Waals surface area (Å²) in [5.41, 5.74) is 1.12. The van der Waals surface area contributed by atoms with E-state index < -0.39 is 0 Å². The maximum absolute atomic E-state index is 12.4. The SMILES string of the molecule is CC(=O)c1cc(C(=O)N2CCC(CCO)C2)n(C)c1. The zero-order valence-electron chi connectivity index (χ0n) is 11.4. The number of ketones is 1. The van der Waals surface area contributed by atoms with Crippen LogP contribution in [0, 0.1) is 5.92 Å². The van der Waals surface area contributed by atoms with E-state index in [1.54, 1.807) is 28.8 Å². The average molecular weight is 264 g/mol. The quantitative estimate of drug-likeness (QED) is 0.827. The second-order valence-electron chi connectivity index (χ2n) is 5.20. The van der Waals surface area contributed by atoms with Gasteiger partial charge in [0.25, 0.3) is 5.91 Å². The summed E-state index contributed by atoms with van der Waals surface area (Å²) in [4.78, 5) is 25.5. The summed E-state index contributed by atoms with van der Waals surface area (Å²) >= 11 is 0. The molecule has 1 N–H and O–H groups in total. The Labute approximate surface area is 112 Å². The van der Waals surface area contributed by atoms with Crippen LogP contribution < -0.4 is 0 Å². The minimum Gasteiger partial charge on any atom is -0.396 e. The minimum atomic E-state index is -0.0331. The molecule has 1 aliphatic rings. The molecule has 0 bridgehead atoms. The number of nitrogens with zero attached hydrogens (tertiary/aromatic N) is 2. The smallest absolute Gasteiger partial charge is 0.270 e. The normalized spacial score (nSPS) is 18.9. The van der Waals surface area contributed by atoms with Gasteiger partial charge in [-0.05, 0) is 31.7 Å². The van der Waals surface area contributed by atoms with E-state index in [1.165, 1.54) is 6.92 Å². The van der Waals surface area contributed by atoms with Crippen molar-refractivity contribution in [2.75, 3.05) is 19.7 Å². The van der Waals surface area contributed by atoms with Gasteiger partial charge in [-0.2, -0.15) is 0 Å². The molecule has 5 nitrogen and oxygen atoms in total. The first-order valence-corrected chi connectivity index (χ1v) is 6.60. The van der Waals surface area contributed by atoms with E-state index in [9.17, 15) is 9.59 Å². The first-order valence-electron chi connectivity index (χ1n) is 6.60. The third-order valence-corrected chi connectivity index (χ3v) is 3.74. The molecule has 1 amide bonds. The Morgan fingerprint density at radius 1 is 1.47 bits per heavy atom. The highest BCUT2D eigenvalue weighted by Crippen LogP contribution is 2.21. The lowest BCUT2D eigenvalue weighted by molar-refractivity contribution is 0.0775. The van der Waals surface area contributed by atoms with Gasteiger partial charge in [0.2, 0.25) is 0 Å². The van der Waals surface area contributed by atoms with Gasteiger partial charge in [-0.3, -0.25) is 9.59 Å². The van der Waals surface area contributed by atoms with E-state index in [0.717, 1.165) is 19.4 Å². The van der Waals surface area contributed by atoms with Crippen LogP contribution in [0.1, 0.15) is 40.6 Å². The van der Waals surface area contributed by atoms with Crippen molar-refractivity contribution in [2.45, 2.75) is 19.8 Å². The number of likely N-dealkylation sites (tertiary alicyclic amines) is 1. The maximum Gasteiger partial charge on any atom is 0.270 e. The highest BCUT2D eigenvalue weighted by atomic mass is 16.3. The monoisotopic (exact) mass is 264 g/mol. The molecule has 5 heteroatoms. The summed E-state index contributed by atoms with van der Waals surface area (Å²) in [7, 11) is 1.78. The number of carbonyl (C=O) groups excluding carboxylic acids is 2. The van der Waals surface area contributed by atoms with Crippen LogP contribution in [0.3, 0.4) is 0 Å². The number of aliphatic hydroxyl groups is 1. The van der Waals surface area contributed by atoms with Crippen molar-refractivity contribution in [2.24, 2.45) is 13.0 Å². The molecule has 1 aromatic rings. The van der Waals surface area contributed by atoms with Gasteiger partial charge in [0.05, 0.1) is 0 Å². The highest BCUT2D eigenvalue weighted by Gasteiger charge is 2.28. The van der Waals surface area contributed by atoms with Gasteiger partial charge in [-0.1, -0.05) is 0 Å². The molecule has 19 heavy (non-hydrogen) atoms. The van der Waals surface area contributed by atoms with E-state index in [0.29, 0.717) is 23.7 Å². The standard InChI is InChI=1S/C14H20N2O3/c1-10(18)12-7-13(15(2)9-12)14(19)16-5-3-11(8-16)4-6-17/h7,9,11,17H,3-6,8H2,1-2H3. The van der Waals surface area contributed by atoms with Crippen LogP contribution in [0.15, 0.2) is 12.3 Å². The third kappa shape index (κ3) is 2.87. The third-order valence-electron chi connectivity index (χ3n) is 3.74. The Morgan fingerprint density at radius 2 is 2.21 bits per heavy atom. The van der Waals surface area contributed by atoms with Crippen LogP contribution in [0.25, 0.3) is 0 Å². The van der Waals surface area contributed by atoms with Gasteiger partial charge < -0.3 is 14.6 Å². The van der Waals surface area contributed by atoms with E-state index in [4.69, 9.17) is 5.11 Å². The predicted molar refractivity (Wildman–Crippen MR) is 71.1 cm³/mol. The van der Waals surface area contributed by atoms with E-state index in [-0.39, 0.29) is 18.3 Å². The van der Waals surface area contributed by atoms with E-state index >= 15 is 0 Å². The number of hydrogen-bond acceptors (Lipinski definition) is 3. The van der Waals surface area contributed by atoms with Crippen LogP contribution in [-0.2, 0) is 7.05 Å². The molecule has 1 aliphatic heterocycles. The minimum absolute atomic E-state index is 0.0320. The Kier molecular flexibility index (Phi) is 4.04. The molecule has 1 saturated heterocycles. The average Bonchev–Trinajstić information content (AvgIpc) is 2.96. The van der Waals surface area contributed by atoms with Crippen molar-refractivity contribution >= 4 is 11.7 Å². The molecule has 0 spiro atoms. The topological polar surface area (TPSA) is 62.5 Å². The van der Waals surface area contributed by atoms with Crippen LogP contribution in [0.4, 0.5) is 0 Å². The zero-order chi connectivity index (χ0) is 14.0. The first kappa shape index (κ1) is 13.8. The molecule has 1 fully saturated rings.